The van der Waals surface area contributed by atoms with E-state index in [1.54, 1.807) is 12.1 Å². The summed E-state index contributed by atoms with van der Waals surface area (Å²) in [7, 11) is 1.25. The van der Waals surface area contributed by atoms with E-state index in [2.05, 4.69) is 4.74 Å². The quantitative estimate of drug-likeness (QED) is 0.477. The number of phenols is 1. The molecule has 0 saturated carbocycles. The first kappa shape index (κ1) is 14.8. The number of ether oxygens (including phenoxy) is 1. The molecule has 0 aromatic heterocycles. The molecule has 15 heavy (non-hydrogen) atoms. The van der Waals surface area contributed by atoms with Gasteiger partial charge in [0.15, 0.2) is 0 Å². The normalized spacial score (nSPS) is 10.3. The number of carboxylic acid groups (broad SMARTS) is 1. The van der Waals surface area contributed by atoms with Gasteiger partial charge in [0, 0.05) is 0 Å². The van der Waals surface area contributed by atoms with Crippen LogP contribution in [0.3, 0.4) is 0 Å². The second-order valence-electron chi connectivity index (χ2n) is 2.59. The van der Waals surface area contributed by atoms with Crippen molar-refractivity contribution < 1.29 is 77.9 Å². The maximum absolute atomic E-state index is 10.4. The number of benzene rings is 1. The first-order valence-electron chi connectivity index (χ1n) is 3.89. The molecule has 0 unspecified atom stereocenters. The Labute approximate surface area is 136 Å². The van der Waals surface area contributed by atoms with E-state index in [0.717, 1.165) is 0 Å². The number of aliphatic carboxylic acids is 1. The predicted octanol–water partition coefficient (Wildman–Crippen LogP) is -2.87. The summed E-state index contributed by atoms with van der Waals surface area (Å²) in [5.74, 6) is -1.51. The Morgan fingerprint density at radius 3 is 2.33 bits per heavy atom. The smallest absolute Gasteiger partial charge is 0.542 e. The average molecular weight is 279 g/mol. The van der Waals surface area contributed by atoms with Crippen LogP contribution in [0.15, 0.2) is 30.0 Å². The topological polar surface area (TPSA) is 69.6 Å². The SMILES string of the molecule is CO/C(=C\c1ccc(O)cc1)C(=O)[O-].[Rb+]. The molecule has 0 radical (unpaired) electrons. The van der Waals surface area contributed by atoms with Gasteiger partial charge in [0.05, 0.1) is 7.11 Å². The summed E-state index contributed by atoms with van der Waals surface area (Å²) in [4.78, 5) is 10.4. The van der Waals surface area contributed by atoms with E-state index < -0.39 is 5.97 Å². The third kappa shape index (κ3) is 4.93. The Bertz CT molecular complexity index is 356. The molecule has 4 nitrogen and oxygen atoms in total. The van der Waals surface area contributed by atoms with Crippen LogP contribution in [0.1, 0.15) is 5.56 Å². The van der Waals surface area contributed by atoms with E-state index in [4.69, 9.17) is 5.11 Å². The fourth-order valence-corrected chi connectivity index (χ4v) is 0.923. The van der Waals surface area contributed by atoms with E-state index in [1.165, 1.54) is 25.3 Å². The van der Waals surface area contributed by atoms with Gasteiger partial charge in [-0.25, -0.2) is 0 Å². The van der Waals surface area contributed by atoms with Gasteiger partial charge >= 0.3 is 58.2 Å². The number of hydrogen-bond acceptors (Lipinski definition) is 4. The molecule has 1 aromatic rings. The zero-order valence-electron chi connectivity index (χ0n) is 8.56. The van der Waals surface area contributed by atoms with Gasteiger partial charge in [0.1, 0.15) is 17.5 Å². The maximum atomic E-state index is 10.4. The number of carbonyl (C=O) groups excluding carboxylic acids is 1. The van der Waals surface area contributed by atoms with Crippen molar-refractivity contribution in [2.24, 2.45) is 0 Å². The van der Waals surface area contributed by atoms with Crippen molar-refractivity contribution in [3.63, 3.8) is 0 Å². The second kappa shape index (κ2) is 7.17. The molecule has 0 spiro atoms. The van der Waals surface area contributed by atoms with Crippen molar-refractivity contribution in [2.75, 3.05) is 7.11 Å². The molecule has 0 saturated heterocycles. The molecule has 0 fully saturated rings. The zero-order chi connectivity index (χ0) is 10.6. The minimum Gasteiger partial charge on any atom is -0.542 e. The molecule has 0 aliphatic carbocycles. The van der Waals surface area contributed by atoms with Crippen molar-refractivity contribution in [1.82, 2.24) is 0 Å². The van der Waals surface area contributed by atoms with E-state index in [9.17, 15) is 9.90 Å². The van der Waals surface area contributed by atoms with Gasteiger partial charge in [0.2, 0.25) is 0 Å². The van der Waals surface area contributed by atoms with E-state index in [0.29, 0.717) is 5.56 Å². The molecular formula is C10H9O4Rb. The average Bonchev–Trinajstić information content (AvgIpc) is 2.16. The number of rotatable bonds is 3. The molecule has 0 aliphatic rings. The summed E-state index contributed by atoms with van der Waals surface area (Å²) in [6, 6.07) is 6.04. The minimum atomic E-state index is -1.37. The molecule has 0 heterocycles. The van der Waals surface area contributed by atoms with Gasteiger partial charge in [-0.05, 0) is 23.8 Å². The number of aromatic hydroxyl groups is 1. The first-order chi connectivity index (χ1) is 6.63. The van der Waals surface area contributed by atoms with Crippen LogP contribution < -0.4 is 63.3 Å². The van der Waals surface area contributed by atoms with Crippen LogP contribution in [0.25, 0.3) is 6.08 Å². The molecule has 5 heteroatoms. The Balaban J connectivity index is 0.00000196. The number of methoxy groups -OCH3 is 1. The maximum Gasteiger partial charge on any atom is 1.00 e. The number of hydrogen-bond donors (Lipinski definition) is 1. The van der Waals surface area contributed by atoms with Crippen molar-refractivity contribution >= 4 is 12.0 Å². The fraction of sp³-hybridized carbons (Fsp3) is 0.100. The van der Waals surface area contributed by atoms with E-state index in [1.807, 2.05) is 0 Å². The van der Waals surface area contributed by atoms with Gasteiger partial charge < -0.3 is 19.7 Å². The van der Waals surface area contributed by atoms with E-state index >= 15 is 0 Å². The van der Waals surface area contributed by atoms with E-state index in [-0.39, 0.29) is 69.7 Å². The van der Waals surface area contributed by atoms with Crippen LogP contribution in [-0.4, -0.2) is 18.2 Å². The first-order valence-corrected chi connectivity index (χ1v) is 3.89. The largest absolute Gasteiger partial charge is 1.00 e. The molecule has 0 aliphatic heterocycles. The predicted molar refractivity (Wildman–Crippen MR) is 48.1 cm³/mol. The molecule has 0 atom stereocenters. The van der Waals surface area contributed by atoms with Gasteiger partial charge in [0.25, 0.3) is 0 Å². The summed E-state index contributed by atoms with van der Waals surface area (Å²) in [5, 5.41) is 19.4. The molecule has 1 aromatic carbocycles. The van der Waals surface area contributed by atoms with Crippen molar-refractivity contribution in [3.8, 4) is 5.75 Å². The van der Waals surface area contributed by atoms with Crippen LogP contribution in [0.2, 0.25) is 0 Å². The zero-order valence-corrected chi connectivity index (χ0v) is 13.5. The summed E-state index contributed by atoms with van der Waals surface area (Å²) < 4.78 is 4.58. The Hall–Kier alpha value is -0.165. The summed E-state index contributed by atoms with van der Waals surface area (Å²) in [6.07, 6.45) is 1.31. The standard InChI is InChI=1S/C10H10O4.Rb/c1-14-9(10(12)13)6-7-2-4-8(11)5-3-7;/h2-6,11H,1H3,(H,12,13);/q;+1/p-1/b9-6-;. The minimum absolute atomic E-state index is 0. The second-order valence-corrected chi connectivity index (χ2v) is 2.59. The Morgan fingerprint density at radius 1 is 1.40 bits per heavy atom. The monoisotopic (exact) mass is 278 g/mol. The van der Waals surface area contributed by atoms with Crippen molar-refractivity contribution in [2.45, 2.75) is 0 Å². The molecular weight excluding hydrogens is 270 g/mol. The Kier molecular flexibility index (Phi) is 7.09. The summed E-state index contributed by atoms with van der Waals surface area (Å²) in [6.45, 7) is 0. The van der Waals surface area contributed by atoms with Crippen LogP contribution in [-0.2, 0) is 9.53 Å². The third-order valence-electron chi connectivity index (χ3n) is 1.61. The van der Waals surface area contributed by atoms with Crippen LogP contribution >= 0.6 is 0 Å². The van der Waals surface area contributed by atoms with Crippen LogP contribution in [0, 0.1) is 0 Å². The number of carboxylic acids is 1. The van der Waals surface area contributed by atoms with Crippen molar-refractivity contribution in [3.05, 3.63) is 35.6 Å². The van der Waals surface area contributed by atoms with Crippen LogP contribution in [0.5, 0.6) is 5.75 Å². The number of phenolic OH excluding ortho intramolecular Hbond substituents is 1. The van der Waals surface area contributed by atoms with Gasteiger partial charge in [-0.1, -0.05) is 12.1 Å². The molecule has 74 valence electrons. The molecule has 1 N–H and O–H groups in total. The fourth-order valence-electron chi connectivity index (χ4n) is 0.923. The third-order valence-corrected chi connectivity index (χ3v) is 1.61. The summed E-state index contributed by atoms with van der Waals surface area (Å²) in [5.41, 5.74) is 0.615. The summed E-state index contributed by atoms with van der Waals surface area (Å²) >= 11 is 0. The van der Waals surface area contributed by atoms with Gasteiger partial charge in [-0.2, -0.15) is 0 Å². The molecule has 1 rings (SSSR count). The van der Waals surface area contributed by atoms with Crippen LogP contribution in [0.4, 0.5) is 0 Å². The molecule has 0 bridgehead atoms. The van der Waals surface area contributed by atoms with Gasteiger partial charge in [-0.3, -0.25) is 0 Å². The van der Waals surface area contributed by atoms with Crippen molar-refractivity contribution in [1.29, 1.82) is 0 Å². The molecule has 0 amide bonds. The van der Waals surface area contributed by atoms with Gasteiger partial charge in [-0.15, -0.1) is 0 Å². The number of carbonyl (C=O) groups is 1. The Morgan fingerprint density at radius 2 is 1.93 bits per heavy atom.